The highest BCUT2D eigenvalue weighted by atomic mass is 127. The molecule has 0 fully saturated rings. The van der Waals surface area contributed by atoms with Crippen molar-refractivity contribution in [2.45, 2.75) is 20.0 Å². The summed E-state index contributed by atoms with van der Waals surface area (Å²) >= 11 is 2.15. The van der Waals surface area contributed by atoms with E-state index >= 15 is 0 Å². The van der Waals surface area contributed by atoms with Gasteiger partial charge in [-0.05, 0) is 64.4 Å². The molecule has 0 atom stereocenters. The zero-order chi connectivity index (χ0) is 19.9. The van der Waals surface area contributed by atoms with E-state index in [0.717, 1.165) is 21.2 Å². The van der Waals surface area contributed by atoms with E-state index in [1.54, 1.807) is 19.2 Å². The third-order valence-electron chi connectivity index (χ3n) is 4.33. The average Bonchev–Trinajstić information content (AvgIpc) is 2.73. The number of rotatable bonds is 7. The lowest BCUT2D eigenvalue weighted by Gasteiger charge is -2.14. The largest absolute Gasteiger partial charge is 0.492 e. The molecule has 3 aromatic carbocycles. The maximum absolute atomic E-state index is 12.7. The summed E-state index contributed by atoms with van der Waals surface area (Å²) in [5.74, 6) is 0.986. The maximum atomic E-state index is 12.7. The monoisotopic (exact) mass is 487 g/mol. The summed E-state index contributed by atoms with van der Waals surface area (Å²) in [7, 11) is 1.60. The predicted octanol–water partition coefficient (Wildman–Crippen LogP) is 5.69. The fourth-order valence-corrected chi connectivity index (χ4v) is 3.59. The minimum Gasteiger partial charge on any atom is -0.492 e. The van der Waals surface area contributed by atoms with Crippen molar-refractivity contribution in [1.82, 2.24) is 0 Å². The molecule has 0 saturated heterocycles. The predicted molar refractivity (Wildman–Crippen MR) is 120 cm³/mol. The van der Waals surface area contributed by atoms with E-state index in [1.165, 1.54) is 5.56 Å². The normalized spacial score (nSPS) is 10.4. The van der Waals surface area contributed by atoms with Crippen LogP contribution in [0.1, 0.15) is 28.4 Å². The zero-order valence-electron chi connectivity index (χ0n) is 15.9. The first-order valence-corrected chi connectivity index (χ1v) is 10.1. The quantitative estimate of drug-likeness (QED) is 0.436. The third-order valence-corrected chi connectivity index (χ3v) is 5.13. The lowest BCUT2D eigenvalue weighted by molar-refractivity contribution is 0.102. The van der Waals surface area contributed by atoms with Crippen LogP contribution < -0.4 is 14.8 Å². The average molecular weight is 487 g/mol. The van der Waals surface area contributed by atoms with Gasteiger partial charge in [0.1, 0.15) is 6.61 Å². The van der Waals surface area contributed by atoms with Crippen LogP contribution in [0.2, 0.25) is 0 Å². The van der Waals surface area contributed by atoms with Crippen LogP contribution in [0.15, 0.2) is 66.7 Å². The molecule has 3 rings (SSSR count). The molecule has 0 saturated carbocycles. The molecule has 0 aliphatic rings. The third kappa shape index (κ3) is 5.04. The number of hydrogen-bond acceptors (Lipinski definition) is 3. The van der Waals surface area contributed by atoms with Crippen molar-refractivity contribution in [3.63, 3.8) is 0 Å². The fourth-order valence-electron chi connectivity index (χ4n) is 2.77. The number of methoxy groups -OCH3 is 1. The molecule has 0 spiro atoms. The Bertz CT molecular complexity index is 940. The summed E-state index contributed by atoms with van der Waals surface area (Å²) in [6.45, 7) is 2.50. The highest BCUT2D eigenvalue weighted by Crippen LogP contribution is 2.34. The van der Waals surface area contributed by atoms with E-state index in [0.29, 0.717) is 23.7 Å². The van der Waals surface area contributed by atoms with Crippen LogP contribution in [0, 0.1) is 3.57 Å². The van der Waals surface area contributed by atoms with E-state index < -0.39 is 0 Å². The molecule has 0 heterocycles. The van der Waals surface area contributed by atoms with Gasteiger partial charge in [-0.3, -0.25) is 4.79 Å². The van der Waals surface area contributed by atoms with Crippen molar-refractivity contribution >= 4 is 34.2 Å². The number of amides is 1. The molecule has 28 heavy (non-hydrogen) atoms. The van der Waals surface area contributed by atoms with Crippen LogP contribution in [0.3, 0.4) is 0 Å². The smallest absolute Gasteiger partial charge is 0.255 e. The molecule has 0 aliphatic heterocycles. The Morgan fingerprint density at radius 2 is 1.71 bits per heavy atom. The van der Waals surface area contributed by atoms with E-state index in [2.05, 4.69) is 34.8 Å². The van der Waals surface area contributed by atoms with Gasteiger partial charge in [0.25, 0.3) is 5.91 Å². The second-order valence-electron chi connectivity index (χ2n) is 6.27. The Morgan fingerprint density at radius 1 is 1.00 bits per heavy atom. The van der Waals surface area contributed by atoms with Crippen molar-refractivity contribution in [3.8, 4) is 11.5 Å². The van der Waals surface area contributed by atoms with Crippen LogP contribution in [0.25, 0.3) is 0 Å². The number of carbonyl (C=O) groups excluding carboxylic acids is 1. The second-order valence-corrected chi connectivity index (χ2v) is 7.43. The Labute approximate surface area is 179 Å². The molecular weight excluding hydrogens is 465 g/mol. The van der Waals surface area contributed by atoms with Gasteiger partial charge in [-0.25, -0.2) is 0 Å². The summed E-state index contributed by atoms with van der Waals surface area (Å²) in [5, 5.41) is 2.94. The van der Waals surface area contributed by atoms with Gasteiger partial charge < -0.3 is 14.8 Å². The number of hydrogen-bond donors (Lipinski definition) is 1. The van der Waals surface area contributed by atoms with Crippen molar-refractivity contribution in [3.05, 3.63) is 87.0 Å². The first-order chi connectivity index (χ1) is 13.6. The van der Waals surface area contributed by atoms with Crippen molar-refractivity contribution < 1.29 is 14.3 Å². The van der Waals surface area contributed by atoms with Crippen LogP contribution in [0.5, 0.6) is 11.5 Å². The summed E-state index contributed by atoms with van der Waals surface area (Å²) in [6, 6.07) is 21.3. The van der Waals surface area contributed by atoms with E-state index in [4.69, 9.17) is 9.47 Å². The van der Waals surface area contributed by atoms with Gasteiger partial charge in [-0.1, -0.05) is 49.4 Å². The highest BCUT2D eigenvalue weighted by molar-refractivity contribution is 14.1. The number of halogens is 1. The Hall–Kier alpha value is -2.54. The number of nitrogens with one attached hydrogen (secondary N) is 1. The van der Waals surface area contributed by atoms with Crippen LogP contribution in [-0.2, 0) is 13.0 Å². The van der Waals surface area contributed by atoms with E-state index in [9.17, 15) is 4.79 Å². The summed E-state index contributed by atoms with van der Waals surface area (Å²) in [6.07, 6.45) is 0.965. The number of anilines is 1. The van der Waals surface area contributed by atoms with Gasteiger partial charge in [0.15, 0.2) is 11.5 Å². The van der Waals surface area contributed by atoms with E-state index in [-0.39, 0.29) is 5.91 Å². The van der Waals surface area contributed by atoms with Gasteiger partial charge in [-0.2, -0.15) is 0 Å². The zero-order valence-corrected chi connectivity index (χ0v) is 18.0. The summed E-state index contributed by atoms with van der Waals surface area (Å²) < 4.78 is 12.3. The lowest BCUT2D eigenvalue weighted by atomic mass is 10.1. The van der Waals surface area contributed by atoms with Crippen LogP contribution in [-0.4, -0.2) is 13.0 Å². The molecule has 0 bridgehead atoms. The number of carbonyl (C=O) groups is 1. The van der Waals surface area contributed by atoms with Crippen molar-refractivity contribution in [2.75, 3.05) is 12.4 Å². The highest BCUT2D eigenvalue weighted by Gasteiger charge is 2.16. The van der Waals surface area contributed by atoms with Crippen LogP contribution >= 0.6 is 22.6 Å². The van der Waals surface area contributed by atoms with Gasteiger partial charge in [-0.15, -0.1) is 0 Å². The van der Waals surface area contributed by atoms with Crippen molar-refractivity contribution in [1.29, 1.82) is 0 Å². The SMILES string of the molecule is CCc1ccc(NC(=O)c2cc(I)c(OC)c(OCc3ccccc3)c2)cc1. The summed E-state index contributed by atoms with van der Waals surface area (Å²) in [5.41, 5.74) is 3.56. The Morgan fingerprint density at radius 3 is 2.36 bits per heavy atom. The molecule has 1 N–H and O–H groups in total. The number of aryl methyl sites for hydroxylation is 1. The minimum atomic E-state index is -0.186. The fraction of sp³-hybridized carbons (Fsp3) is 0.174. The molecule has 1 amide bonds. The number of benzene rings is 3. The molecule has 4 nitrogen and oxygen atoms in total. The number of ether oxygens (including phenoxy) is 2. The minimum absolute atomic E-state index is 0.186. The topological polar surface area (TPSA) is 47.6 Å². The lowest BCUT2D eigenvalue weighted by Crippen LogP contribution is -2.13. The molecule has 0 radical (unpaired) electrons. The molecule has 0 aliphatic carbocycles. The summed E-state index contributed by atoms with van der Waals surface area (Å²) in [4.78, 5) is 12.7. The molecule has 0 unspecified atom stereocenters. The first-order valence-electron chi connectivity index (χ1n) is 9.05. The molecular formula is C23H22INO3. The molecule has 0 aromatic heterocycles. The Balaban J connectivity index is 1.80. The Kier molecular flexibility index (Phi) is 6.92. The van der Waals surface area contributed by atoms with Gasteiger partial charge in [0.2, 0.25) is 0 Å². The van der Waals surface area contributed by atoms with Gasteiger partial charge in [0, 0.05) is 11.3 Å². The molecule has 3 aromatic rings. The van der Waals surface area contributed by atoms with Crippen LogP contribution in [0.4, 0.5) is 5.69 Å². The van der Waals surface area contributed by atoms with Crippen molar-refractivity contribution in [2.24, 2.45) is 0 Å². The molecule has 144 valence electrons. The maximum Gasteiger partial charge on any atom is 0.255 e. The van der Waals surface area contributed by atoms with E-state index in [1.807, 2.05) is 54.6 Å². The van der Waals surface area contributed by atoms with Gasteiger partial charge >= 0.3 is 0 Å². The first kappa shape index (κ1) is 20.2. The molecule has 5 heteroatoms. The van der Waals surface area contributed by atoms with Gasteiger partial charge in [0.05, 0.1) is 10.7 Å². The standard InChI is InChI=1S/C23H22INO3/c1-3-16-9-11-19(12-10-16)25-23(26)18-13-20(24)22(27-2)21(14-18)28-15-17-7-5-4-6-8-17/h4-14H,3,15H2,1-2H3,(H,25,26). The second kappa shape index (κ2) is 9.59.